The van der Waals surface area contributed by atoms with Gasteiger partial charge in [0.25, 0.3) is 0 Å². The molecule has 0 spiro atoms. The number of oxazole rings is 1. The van der Waals surface area contributed by atoms with Gasteiger partial charge in [0.15, 0.2) is 11.5 Å². The Kier molecular flexibility index (Phi) is 1.80. The first-order valence-corrected chi connectivity index (χ1v) is 4.04. The van der Waals surface area contributed by atoms with E-state index < -0.39 is 12.4 Å². The minimum atomic E-state index is -4.96. The highest BCUT2D eigenvalue weighted by molar-refractivity contribution is 6.73. The second-order valence-electron chi connectivity index (χ2n) is 3.03. The number of aryl methyl sites for hydroxylation is 1. The molecule has 0 N–H and O–H groups in total. The summed E-state index contributed by atoms with van der Waals surface area (Å²) in [5.74, 6) is 0.367. The molecule has 0 radical (unpaired) electrons. The highest BCUT2D eigenvalue weighted by Crippen LogP contribution is 2.16. The molecule has 6 heteroatoms. The quantitative estimate of drug-likeness (QED) is 0.659. The highest BCUT2D eigenvalue weighted by atomic mass is 19.4. The van der Waals surface area contributed by atoms with E-state index in [9.17, 15) is 12.9 Å². The Hall–Kier alpha value is -1.46. The van der Waals surface area contributed by atoms with Crippen molar-refractivity contribution in [2.45, 2.75) is 6.92 Å². The van der Waals surface area contributed by atoms with E-state index in [-0.39, 0.29) is 5.52 Å². The Morgan fingerprint density at radius 1 is 1.29 bits per heavy atom. The molecule has 0 amide bonds. The van der Waals surface area contributed by atoms with Crippen LogP contribution >= 0.6 is 0 Å². The first kappa shape index (κ1) is 9.11. The molecule has 1 aromatic heterocycles. The first-order chi connectivity index (χ1) is 6.47. The van der Waals surface area contributed by atoms with Crippen LogP contribution in [0.1, 0.15) is 5.89 Å². The predicted molar refractivity (Wildman–Crippen MR) is 47.5 cm³/mol. The summed E-state index contributed by atoms with van der Waals surface area (Å²) in [6, 6.07) is 3.30. The molecule has 2 rings (SSSR count). The topological polar surface area (TPSA) is 26.0 Å². The van der Waals surface area contributed by atoms with Gasteiger partial charge in [0.05, 0.1) is 0 Å². The molecule has 0 aliphatic rings. The molecule has 0 saturated carbocycles. The molecular formula is C8H6BF3NO-. The highest BCUT2D eigenvalue weighted by Gasteiger charge is 2.25. The van der Waals surface area contributed by atoms with Crippen molar-refractivity contribution in [1.82, 2.24) is 4.98 Å². The van der Waals surface area contributed by atoms with Crippen molar-refractivity contribution in [3.05, 3.63) is 24.1 Å². The monoisotopic (exact) mass is 200 g/mol. The normalized spacial score (nSPS) is 12.3. The maximum absolute atomic E-state index is 12.3. The summed E-state index contributed by atoms with van der Waals surface area (Å²) < 4.78 is 42.0. The summed E-state index contributed by atoms with van der Waals surface area (Å²) in [5, 5.41) is 0. The summed E-state index contributed by atoms with van der Waals surface area (Å²) in [4.78, 5) is 3.83. The maximum atomic E-state index is 12.3. The van der Waals surface area contributed by atoms with Crippen LogP contribution in [0.3, 0.4) is 0 Å². The van der Waals surface area contributed by atoms with Gasteiger partial charge in [-0.15, -0.1) is 5.46 Å². The van der Waals surface area contributed by atoms with E-state index in [1.54, 1.807) is 6.92 Å². The molecule has 14 heavy (non-hydrogen) atoms. The lowest BCUT2D eigenvalue weighted by molar-refractivity contribution is 0.501. The average Bonchev–Trinajstić information content (AvgIpc) is 2.41. The van der Waals surface area contributed by atoms with Gasteiger partial charge >= 0.3 is 6.98 Å². The second kappa shape index (κ2) is 2.77. The first-order valence-electron chi connectivity index (χ1n) is 4.04. The van der Waals surface area contributed by atoms with E-state index in [0.29, 0.717) is 11.5 Å². The van der Waals surface area contributed by atoms with E-state index in [0.717, 1.165) is 12.1 Å². The number of hydrogen-bond donors (Lipinski definition) is 0. The molecule has 74 valence electrons. The number of nitrogens with zero attached hydrogens (tertiary/aromatic N) is 1. The maximum Gasteiger partial charge on any atom is 0.509 e. The third kappa shape index (κ3) is 1.47. The number of rotatable bonds is 1. The Labute approximate surface area is 77.8 Å². The minimum absolute atomic E-state index is 0.249. The van der Waals surface area contributed by atoms with Crippen LogP contribution in [0.25, 0.3) is 11.1 Å². The molecule has 0 aliphatic heterocycles. The van der Waals surface area contributed by atoms with Gasteiger partial charge < -0.3 is 17.4 Å². The molecule has 0 aliphatic carbocycles. The van der Waals surface area contributed by atoms with E-state index in [2.05, 4.69) is 4.98 Å². The van der Waals surface area contributed by atoms with E-state index in [1.807, 2.05) is 0 Å². The molecule has 0 bridgehead atoms. The van der Waals surface area contributed by atoms with Crippen LogP contribution in [0, 0.1) is 6.92 Å². The Balaban J connectivity index is 2.62. The van der Waals surface area contributed by atoms with Gasteiger partial charge in [0.2, 0.25) is 0 Å². The van der Waals surface area contributed by atoms with Crippen LogP contribution in [0.2, 0.25) is 0 Å². The average molecular weight is 200 g/mol. The standard InChI is InChI=1S/C8H6BF3NO/c1-5-13-7-4-6(9(10,11)12)2-3-8(7)14-5/h2-4H,1H3/q-1. The van der Waals surface area contributed by atoms with Crippen LogP contribution < -0.4 is 5.46 Å². The fourth-order valence-corrected chi connectivity index (χ4v) is 1.26. The van der Waals surface area contributed by atoms with Crippen molar-refractivity contribution in [3.63, 3.8) is 0 Å². The summed E-state index contributed by atoms with van der Waals surface area (Å²) >= 11 is 0. The lowest BCUT2D eigenvalue weighted by Crippen LogP contribution is -2.33. The van der Waals surface area contributed by atoms with Crippen molar-refractivity contribution in [2.75, 3.05) is 0 Å². The van der Waals surface area contributed by atoms with Crippen molar-refractivity contribution < 1.29 is 17.4 Å². The molecule has 0 unspecified atom stereocenters. The Morgan fingerprint density at radius 2 is 2.00 bits per heavy atom. The molecular weight excluding hydrogens is 194 g/mol. The zero-order valence-electron chi connectivity index (χ0n) is 7.30. The Morgan fingerprint density at radius 3 is 2.64 bits per heavy atom. The molecule has 0 saturated heterocycles. The van der Waals surface area contributed by atoms with Gasteiger partial charge in [-0.25, -0.2) is 4.98 Å². The summed E-state index contributed by atoms with van der Waals surface area (Å²) in [5.41, 5.74) is -0.0173. The van der Waals surface area contributed by atoms with E-state index in [1.165, 1.54) is 6.07 Å². The third-order valence-electron chi connectivity index (χ3n) is 1.90. The SMILES string of the molecule is Cc1nc2cc([B-](F)(F)F)ccc2o1. The number of benzene rings is 1. The summed E-state index contributed by atoms with van der Waals surface area (Å²) in [7, 11) is 0. The third-order valence-corrected chi connectivity index (χ3v) is 1.90. The number of halogens is 3. The predicted octanol–water partition coefficient (Wildman–Crippen LogP) is 2.19. The smallest absolute Gasteiger partial charge is 0.445 e. The summed E-state index contributed by atoms with van der Waals surface area (Å²) in [6.45, 7) is -3.36. The van der Waals surface area contributed by atoms with Crippen LogP contribution in [0.15, 0.2) is 22.6 Å². The van der Waals surface area contributed by atoms with Crippen molar-refractivity contribution in [1.29, 1.82) is 0 Å². The second-order valence-corrected chi connectivity index (χ2v) is 3.03. The van der Waals surface area contributed by atoms with Crippen LogP contribution in [-0.4, -0.2) is 12.0 Å². The van der Waals surface area contributed by atoms with E-state index >= 15 is 0 Å². The molecule has 1 heterocycles. The van der Waals surface area contributed by atoms with Crippen molar-refractivity contribution in [2.24, 2.45) is 0 Å². The van der Waals surface area contributed by atoms with Crippen LogP contribution in [-0.2, 0) is 0 Å². The van der Waals surface area contributed by atoms with Gasteiger partial charge in [0.1, 0.15) is 5.52 Å². The van der Waals surface area contributed by atoms with Crippen molar-refractivity contribution >= 4 is 23.5 Å². The lowest BCUT2D eigenvalue weighted by atomic mass is 9.80. The largest absolute Gasteiger partial charge is 0.509 e. The van der Waals surface area contributed by atoms with Crippen LogP contribution in [0.4, 0.5) is 12.9 Å². The van der Waals surface area contributed by atoms with Crippen molar-refractivity contribution in [3.8, 4) is 0 Å². The number of hydrogen-bond acceptors (Lipinski definition) is 2. The lowest BCUT2D eigenvalue weighted by Gasteiger charge is -2.13. The van der Waals surface area contributed by atoms with E-state index in [4.69, 9.17) is 4.42 Å². The molecule has 1 aromatic carbocycles. The van der Waals surface area contributed by atoms with Gasteiger partial charge in [-0.05, 0) is 6.07 Å². The summed E-state index contributed by atoms with van der Waals surface area (Å²) in [6.07, 6.45) is 0. The minimum Gasteiger partial charge on any atom is -0.445 e. The molecule has 2 aromatic rings. The fourth-order valence-electron chi connectivity index (χ4n) is 1.26. The molecule has 0 fully saturated rings. The number of fused-ring (bicyclic) bond motifs is 1. The van der Waals surface area contributed by atoms with Gasteiger partial charge in [-0.2, -0.15) is 0 Å². The number of aromatic nitrogens is 1. The molecule has 0 atom stereocenters. The zero-order chi connectivity index (χ0) is 10.3. The van der Waals surface area contributed by atoms with Gasteiger partial charge in [-0.1, -0.05) is 12.1 Å². The van der Waals surface area contributed by atoms with Crippen LogP contribution in [0.5, 0.6) is 0 Å². The van der Waals surface area contributed by atoms with Gasteiger partial charge in [0, 0.05) is 6.92 Å². The zero-order valence-corrected chi connectivity index (χ0v) is 7.30. The Bertz CT molecular complexity index is 477. The fraction of sp³-hybridized carbons (Fsp3) is 0.125. The van der Waals surface area contributed by atoms with Gasteiger partial charge in [-0.3, -0.25) is 0 Å². The molecule has 2 nitrogen and oxygen atoms in total.